The van der Waals surface area contributed by atoms with Gasteiger partial charge in [-0.1, -0.05) is 30.3 Å². The van der Waals surface area contributed by atoms with Crippen molar-refractivity contribution in [1.29, 1.82) is 0 Å². The Morgan fingerprint density at radius 1 is 1.19 bits per heavy atom. The Hall–Kier alpha value is -2.36. The molecule has 2 aromatic rings. The largest absolute Gasteiger partial charge is 0.492 e. The van der Waals surface area contributed by atoms with E-state index in [1.54, 1.807) is 19.2 Å². The van der Waals surface area contributed by atoms with Gasteiger partial charge >= 0.3 is 0 Å². The van der Waals surface area contributed by atoms with Crippen LogP contribution in [0, 0.1) is 10.1 Å². The van der Waals surface area contributed by atoms with Gasteiger partial charge in [-0.25, -0.2) is 0 Å². The summed E-state index contributed by atoms with van der Waals surface area (Å²) in [5.74, 6) is 1.57. The van der Waals surface area contributed by atoms with Crippen molar-refractivity contribution in [2.45, 2.75) is 6.54 Å². The van der Waals surface area contributed by atoms with Gasteiger partial charge in [0.05, 0.1) is 11.5 Å². The van der Waals surface area contributed by atoms with Crippen LogP contribution >= 0.6 is 24.0 Å². The molecule has 0 saturated heterocycles. The summed E-state index contributed by atoms with van der Waals surface area (Å²) in [6, 6.07) is 16.1. The fourth-order valence-corrected chi connectivity index (χ4v) is 2.22. The van der Waals surface area contributed by atoms with E-state index in [0.717, 1.165) is 17.3 Å². The molecule has 0 spiro atoms. The maximum Gasteiger partial charge on any atom is 0.269 e. The second-order valence-electron chi connectivity index (χ2n) is 5.41. The van der Waals surface area contributed by atoms with Crippen LogP contribution in [0.15, 0.2) is 59.6 Å². The number of nitrogens with zero attached hydrogens (tertiary/aromatic N) is 3. The lowest BCUT2D eigenvalue weighted by molar-refractivity contribution is -0.384. The number of nitrogens with one attached hydrogen (secondary N) is 1. The molecule has 2 aromatic carbocycles. The summed E-state index contributed by atoms with van der Waals surface area (Å²) in [4.78, 5) is 16.5. The average Bonchev–Trinajstić information content (AvgIpc) is 2.63. The molecule has 7 nitrogen and oxygen atoms in total. The van der Waals surface area contributed by atoms with Gasteiger partial charge in [0.25, 0.3) is 5.69 Å². The topological polar surface area (TPSA) is 80.0 Å². The number of guanidine groups is 1. The highest BCUT2D eigenvalue weighted by Crippen LogP contribution is 2.11. The van der Waals surface area contributed by atoms with E-state index in [1.165, 1.54) is 12.1 Å². The number of nitro groups is 1. The zero-order valence-electron chi connectivity index (χ0n) is 14.8. The lowest BCUT2D eigenvalue weighted by Gasteiger charge is -2.22. The van der Waals surface area contributed by atoms with Crippen LogP contribution < -0.4 is 10.1 Å². The SMILES string of the molecule is CN=C(NCc1ccc([N+](=O)[O-])cc1)N(C)CCOc1ccccc1.I. The molecule has 0 aliphatic heterocycles. The van der Waals surface area contributed by atoms with Crippen LogP contribution in [0.3, 0.4) is 0 Å². The predicted octanol–water partition coefficient (Wildman–Crippen LogP) is 3.30. The van der Waals surface area contributed by atoms with Gasteiger partial charge in [-0.2, -0.15) is 0 Å². The Bertz CT molecular complexity index is 708. The van der Waals surface area contributed by atoms with Crippen molar-refractivity contribution in [3.05, 3.63) is 70.3 Å². The van der Waals surface area contributed by atoms with Crippen LogP contribution in [0.25, 0.3) is 0 Å². The minimum absolute atomic E-state index is 0. The smallest absolute Gasteiger partial charge is 0.269 e. The molecule has 1 N–H and O–H groups in total. The minimum atomic E-state index is -0.406. The maximum atomic E-state index is 10.7. The molecule has 0 aliphatic carbocycles. The maximum absolute atomic E-state index is 10.7. The predicted molar refractivity (Wildman–Crippen MR) is 113 cm³/mol. The van der Waals surface area contributed by atoms with Crippen molar-refractivity contribution in [2.24, 2.45) is 4.99 Å². The number of non-ortho nitro benzene ring substituents is 1. The van der Waals surface area contributed by atoms with Gasteiger partial charge in [0.15, 0.2) is 5.96 Å². The first-order valence-electron chi connectivity index (χ1n) is 7.93. The Morgan fingerprint density at radius 2 is 1.85 bits per heavy atom. The highest BCUT2D eigenvalue weighted by Gasteiger charge is 2.07. The molecule has 0 saturated carbocycles. The molecule has 0 heterocycles. The first-order chi connectivity index (χ1) is 12.1. The van der Waals surface area contributed by atoms with E-state index in [2.05, 4.69) is 10.3 Å². The summed E-state index contributed by atoms with van der Waals surface area (Å²) >= 11 is 0. The zero-order valence-corrected chi connectivity index (χ0v) is 17.1. The number of nitro benzene ring substituents is 1. The number of halogens is 1. The number of hydrogen-bond donors (Lipinski definition) is 1. The molecule has 2 rings (SSSR count). The number of aliphatic imine (C=N–C) groups is 1. The second kappa shape index (κ2) is 11.3. The van der Waals surface area contributed by atoms with E-state index in [9.17, 15) is 10.1 Å². The third-order valence-electron chi connectivity index (χ3n) is 3.61. The molecule has 140 valence electrons. The Balaban J connectivity index is 0.00000338. The number of benzene rings is 2. The van der Waals surface area contributed by atoms with Crippen molar-refractivity contribution in [3.63, 3.8) is 0 Å². The number of para-hydroxylation sites is 1. The molecule has 0 bridgehead atoms. The monoisotopic (exact) mass is 470 g/mol. The van der Waals surface area contributed by atoms with Gasteiger partial charge in [-0.15, -0.1) is 24.0 Å². The molecule has 0 atom stereocenters. The van der Waals surface area contributed by atoms with Crippen LogP contribution in [-0.4, -0.2) is 43.0 Å². The third-order valence-corrected chi connectivity index (χ3v) is 3.61. The molecule has 0 amide bonds. The molecule has 0 fully saturated rings. The highest BCUT2D eigenvalue weighted by atomic mass is 127. The molecule has 26 heavy (non-hydrogen) atoms. The molecule has 0 unspecified atom stereocenters. The number of likely N-dealkylation sites (N-methyl/N-ethyl adjacent to an activating group) is 1. The lowest BCUT2D eigenvalue weighted by Crippen LogP contribution is -2.40. The summed E-state index contributed by atoms with van der Waals surface area (Å²) in [6.45, 7) is 1.75. The molecule has 0 radical (unpaired) electrons. The van der Waals surface area contributed by atoms with Gasteiger partial charge < -0.3 is 15.0 Å². The van der Waals surface area contributed by atoms with Crippen molar-refractivity contribution >= 4 is 35.6 Å². The van der Waals surface area contributed by atoms with Gasteiger partial charge in [-0.05, 0) is 17.7 Å². The minimum Gasteiger partial charge on any atom is -0.492 e. The second-order valence-corrected chi connectivity index (χ2v) is 5.41. The Labute approximate surface area is 170 Å². The van der Waals surface area contributed by atoms with Gasteiger partial charge in [0.1, 0.15) is 12.4 Å². The van der Waals surface area contributed by atoms with Gasteiger partial charge in [0.2, 0.25) is 0 Å². The van der Waals surface area contributed by atoms with Crippen molar-refractivity contribution < 1.29 is 9.66 Å². The lowest BCUT2D eigenvalue weighted by atomic mass is 10.2. The molecular weight excluding hydrogens is 447 g/mol. The Kier molecular flexibility index (Phi) is 9.42. The third kappa shape index (κ3) is 6.87. The van der Waals surface area contributed by atoms with Crippen molar-refractivity contribution in [1.82, 2.24) is 10.2 Å². The van der Waals surface area contributed by atoms with E-state index in [1.807, 2.05) is 42.3 Å². The highest BCUT2D eigenvalue weighted by molar-refractivity contribution is 14.0. The summed E-state index contributed by atoms with van der Waals surface area (Å²) in [5, 5.41) is 13.9. The molecule has 0 aromatic heterocycles. The summed E-state index contributed by atoms with van der Waals surface area (Å²) < 4.78 is 5.68. The van der Waals surface area contributed by atoms with E-state index >= 15 is 0 Å². The van der Waals surface area contributed by atoms with Crippen molar-refractivity contribution in [3.8, 4) is 5.75 Å². The van der Waals surface area contributed by atoms with Crippen LogP contribution in [0.1, 0.15) is 5.56 Å². The number of rotatable bonds is 7. The summed E-state index contributed by atoms with van der Waals surface area (Å²) in [5.41, 5.74) is 1.03. The van der Waals surface area contributed by atoms with Gasteiger partial charge in [-0.3, -0.25) is 15.1 Å². The number of hydrogen-bond acceptors (Lipinski definition) is 4. The van der Waals surface area contributed by atoms with E-state index in [0.29, 0.717) is 19.7 Å². The fraction of sp³-hybridized carbons (Fsp3) is 0.278. The van der Waals surface area contributed by atoms with Crippen LogP contribution in [-0.2, 0) is 6.54 Å². The van der Waals surface area contributed by atoms with Gasteiger partial charge in [0, 0.05) is 32.8 Å². The molecule has 0 aliphatic rings. The van der Waals surface area contributed by atoms with E-state index in [-0.39, 0.29) is 29.7 Å². The average molecular weight is 470 g/mol. The summed E-state index contributed by atoms with van der Waals surface area (Å²) in [6.07, 6.45) is 0. The summed E-state index contributed by atoms with van der Waals surface area (Å²) in [7, 11) is 3.65. The normalized spacial score (nSPS) is 10.6. The fourth-order valence-electron chi connectivity index (χ4n) is 2.22. The number of ether oxygens (including phenoxy) is 1. The standard InChI is InChI=1S/C18H22N4O3.HI/c1-19-18(20-14-15-8-10-16(11-9-15)22(23)24)21(2)12-13-25-17-6-4-3-5-7-17;/h3-11H,12-14H2,1-2H3,(H,19,20);1H. The van der Waals surface area contributed by atoms with Crippen LogP contribution in [0.2, 0.25) is 0 Å². The first kappa shape index (κ1) is 21.7. The van der Waals surface area contributed by atoms with E-state index in [4.69, 9.17) is 4.74 Å². The molecular formula is C18H23IN4O3. The first-order valence-corrected chi connectivity index (χ1v) is 7.93. The van der Waals surface area contributed by atoms with Crippen LogP contribution in [0.4, 0.5) is 5.69 Å². The molecule has 8 heteroatoms. The van der Waals surface area contributed by atoms with Crippen molar-refractivity contribution in [2.75, 3.05) is 27.2 Å². The Morgan fingerprint density at radius 3 is 2.42 bits per heavy atom. The zero-order chi connectivity index (χ0) is 18.1. The quantitative estimate of drug-likeness (QED) is 0.221. The van der Waals surface area contributed by atoms with E-state index < -0.39 is 4.92 Å². The van der Waals surface area contributed by atoms with Crippen LogP contribution in [0.5, 0.6) is 5.75 Å².